The molecule has 3 rings (SSSR count). The van der Waals surface area contributed by atoms with Crippen LogP contribution < -0.4 is 10.2 Å². The van der Waals surface area contributed by atoms with Gasteiger partial charge in [0.05, 0.1) is 6.04 Å². The maximum absolute atomic E-state index is 13.4. The molecule has 0 aliphatic carbocycles. The molecule has 2 aromatic carbocycles. The highest BCUT2D eigenvalue weighted by Crippen LogP contribution is 2.30. The summed E-state index contributed by atoms with van der Waals surface area (Å²) in [5, 5.41) is 3.46. The molecule has 0 radical (unpaired) electrons. The summed E-state index contributed by atoms with van der Waals surface area (Å²) in [6.07, 6.45) is 1.13. The van der Waals surface area contributed by atoms with Crippen molar-refractivity contribution in [2.24, 2.45) is 0 Å². The summed E-state index contributed by atoms with van der Waals surface area (Å²) in [4.78, 5) is 4.60. The van der Waals surface area contributed by atoms with Gasteiger partial charge >= 0.3 is 0 Å². The van der Waals surface area contributed by atoms with Crippen molar-refractivity contribution in [3.8, 4) is 0 Å². The summed E-state index contributed by atoms with van der Waals surface area (Å²) >= 11 is 0. The molecule has 0 spiro atoms. The first kappa shape index (κ1) is 16.9. The quantitative estimate of drug-likeness (QED) is 0.930. The molecule has 0 saturated carbocycles. The lowest BCUT2D eigenvalue weighted by Gasteiger charge is -2.31. The first-order chi connectivity index (χ1) is 11.6. The van der Waals surface area contributed by atoms with E-state index in [0.717, 1.165) is 38.2 Å². The Kier molecular flexibility index (Phi) is 5.48. The van der Waals surface area contributed by atoms with E-state index < -0.39 is 0 Å². The largest absolute Gasteiger partial charge is 0.378 e. The van der Waals surface area contributed by atoms with Gasteiger partial charge in [-0.15, -0.1) is 0 Å². The zero-order valence-electron chi connectivity index (χ0n) is 14.5. The van der Waals surface area contributed by atoms with Crippen molar-refractivity contribution >= 4 is 5.69 Å². The minimum Gasteiger partial charge on any atom is -0.378 e. The van der Waals surface area contributed by atoms with E-state index in [1.54, 1.807) is 12.1 Å². The fourth-order valence-electron chi connectivity index (χ4n) is 3.34. The SMILES string of the molecule is CN(C)c1ccc(C(c2ccc(F)cc2)N2CCCNCC2)cc1. The second kappa shape index (κ2) is 7.77. The molecule has 3 nitrogen and oxygen atoms in total. The summed E-state index contributed by atoms with van der Waals surface area (Å²) in [5.41, 5.74) is 3.60. The van der Waals surface area contributed by atoms with Crippen molar-refractivity contribution in [3.63, 3.8) is 0 Å². The minimum atomic E-state index is -0.182. The lowest BCUT2D eigenvalue weighted by Crippen LogP contribution is -2.33. The Bertz CT molecular complexity index is 629. The molecule has 1 aliphatic heterocycles. The van der Waals surface area contributed by atoms with E-state index in [4.69, 9.17) is 0 Å². The van der Waals surface area contributed by atoms with Crippen LogP contribution in [0, 0.1) is 5.82 Å². The van der Waals surface area contributed by atoms with Crippen LogP contribution in [0.2, 0.25) is 0 Å². The van der Waals surface area contributed by atoms with Gasteiger partial charge in [0, 0.05) is 39.4 Å². The van der Waals surface area contributed by atoms with Gasteiger partial charge in [-0.1, -0.05) is 24.3 Å². The number of halogens is 1. The number of anilines is 1. The van der Waals surface area contributed by atoms with E-state index in [-0.39, 0.29) is 11.9 Å². The molecule has 24 heavy (non-hydrogen) atoms. The normalized spacial score (nSPS) is 17.3. The van der Waals surface area contributed by atoms with Crippen LogP contribution in [0.5, 0.6) is 0 Å². The van der Waals surface area contributed by atoms with Gasteiger partial charge < -0.3 is 10.2 Å². The third-order valence-electron chi connectivity index (χ3n) is 4.65. The standard InChI is InChI=1S/C20H26FN3/c1-23(2)19-10-6-17(7-11-19)20(16-4-8-18(21)9-5-16)24-14-3-12-22-13-15-24/h4-11,20,22H,3,12-15H2,1-2H3. The molecule has 1 heterocycles. The molecule has 0 aromatic heterocycles. The van der Waals surface area contributed by atoms with Crippen LogP contribution in [0.1, 0.15) is 23.6 Å². The van der Waals surface area contributed by atoms with Crippen molar-refractivity contribution in [1.82, 2.24) is 10.2 Å². The van der Waals surface area contributed by atoms with Crippen LogP contribution in [0.3, 0.4) is 0 Å². The molecular formula is C20H26FN3. The van der Waals surface area contributed by atoms with Gasteiger partial charge in [0.15, 0.2) is 0 Å². The van der Waals surface area contributed by atoms with Gasteiger partial charge in [0.2, 0.25) is 0 Å². The number of hydrogen-bond donors (Lipinski definition) is 1. The summed E-state index contributed by atoms with van der Waals surface area (Å²) in [6, 6.07) is 15.8. The molecule has 1 saturated heterocycles. The Balaban J connectivity index is 1.95. The van der Waals surface area contributed by atoms with Gasteiger partial charge in [-0.3, -0.25) is 4.90 Å². The Morgan fingerprint density at radius 3 is 2.17 bits per heavy atom. The van der Waals surface area contributed by atoms with Crippen molar-refractivity contribution in [2.45, 2.75) is 12.5 Å². The van der Waals surface area contributed by atoms with Gasteiger partial charge in [-0.2, -0.15) is 0 Å². The molecule has 4 heteroatoms. The van der Waals surface area contributed by atoms with E-state index in [1.165, 1.54) is 11.3 Å². The molecular weight excluding hydrogens is 301 g/mol. The van der Waals surface area contributed by atoms with Crippen LogP contribution >= 0.6 is 0 Å². The number of benzene rings is 2. The maximum Gasteiger partial charge on any atom is 0.123 e. The van der Waals surface area contributed by atoms with E-state index in [1.807, 2.05) is 26.2 Å². The summed E-state index contributed by atoms with van der Waals surface area (Å²) in [6.45, 7) is 4.10. The molecule has 0 bridgehead atoms. The van der Waals surface area contributed by atoms with E-state index in [9.17, 15) is 4.39 Å². The third-order valence-corrected chi connectivity index (χ3v) is 4.65. The molecule has 1 unspecified atom stereocenters. The molecule has 1 fully saturated rings. The Morgan fingerprint density at radius 1 is 0.917 bits per heavy atom. The van der Waals surface area contributed by atoms with Crippen LogP contribution in [0.25, 0.3) is 0 Å². The monoisotopic (exact) mass is 327 g/mol. The summed E-state index contributed by atoms with van der Waals surface area (Å²) in [7, 11) is 4.10. The number of nitrogens with one attached hydrogen (secondary N) is 1. The van der Waals surface area contributed by atoms with Crippen molar-refractivity contribution in [3.05, 3.63) is 65.5 Å². The predicted octanol–water partition coefficient (Wildman–Crippen LogP) is 3.28. The van der Waals surface area contributed by atoms with Crippen molar-refractivity contribution in [2.75, 3.05) is 45.2 Å². The van der Waals surface area contributed by atoms with Gasteiger partial charge in [0.1, 0.15) is 5.82 Å². The lowest BCUT2D eigenvalue weighted by atomic mass is 9.96. The molecule has 128 valence electrons. The minimum absolute atomic E-state index is 0.168. The third kappa shape index (κ3) is 3.94. The number of nitrogens with zero attached hydrogens (tertiary/aromatic N) is 2. The van der Waals surface area contributed by atoms with Crippen LogP contribution in [0.4, 0.5) is 10.1 Å². The highest BCUT2D eigenvalue weighted by molar-refractivity contribution is 5.47. The highest BCUT2D eigenvalue weighted by atomic mass is 19.1. The predicted molar refractivity (Wildman–Crippen MR) is 98.1 cm³/mol. The Hall–Kier alpha value is -1.91. The Labute approximate surface area is 144 Å². The van der Waals surface area contributed by atoms with Crippen LogP contribution in [-0.2, 0) is 0 Å². The van der Waals surface area contributed by atoms with E-state index >= 15 is 0 Å². The number of rotatable bonds is 4. The molecule has 1 atom stereocenters. The second-order valence-corrected chi connectivity index (χ2v) is 6.58. The average molecular weight is 327 g/mol. The fourth-order valence-corrected chi connectivity index (χ4v) is 3.34. The maximum atomic E-state index is 13.4. The molecule has 2 aromatic rings. The van der Waals surface area contributed by atoms with Crippen LogP contribution in [0.15, 0.2) is 48.5 Å². The topological polar surface area (TPSA) is 18.5 Å². The highest BCUT2D eigenvalue weighted by Gasteiger charge is 2.23. The zero-order chi connectivity index (χ0) is 16.9. The molecule has 1 aliphatic rings. The van der Waals surface area contributed by atoms with E-state index in [0.29, 0.717) is 0 Å². The van der Waals surface area contributed by atoms with Crippen molar-refractivity contribution in [1.29, 1.82) is 0 Å². The zero-order valence-corrected chi connectivity index (χ0v) is 14.5. The van der Waals surface area contributed by atoms with Crippen LogP contribution in [-0.4, -0.2) is 45.2 Å². The number of hydrogen-bond acceptors (Lipinski definition) is 3. The van der Waals surface area contributed by atoms with Gasteiger partial charge in [0.25, 0.3) is 0 Å². The van der Waals surface area contributed by atoms with Crippen molar-refractivity contribution < 1.29 is 4.39 Å². The summed E-state index contributed by atoms with van der Waals surface area (Å²) in [5.74, 6) is -0.182. The second-order valence-electron chi connectivity index (χ2n) is 6.58. The Morgan fingerprint density at radius 2 is 1.54 bits per heavy atom. The van der Waals surface area contributed by atoms with Gasteiger partial charge in [-0.25, -0.2) is 4.39 Å². The fraction of sp³-hybridized carbons (Fsp3) is 0.400. The average Bonchev–Trinajstić information content (AvgIpc) is 2.87. The molecule has 1 N–H and O–H groups in total. The molecule has 0 amide bonds. The lowest BCUT2D eigenvalue weighted by molar-refractivity contribution is 0.241. The first-order valence-corrected chi connectivity index (χ1v) is 8.62. The van der Waals surface area contributed by atoms with Gasteiger partial charge in [-0.05, 0) is 48.4 Å². The first-order valence-electron chi connectivity index (χ1n) is 8.62. The smallest absolute Gasteiger partial charge is 0.123 e. The summed E-state index contributed by atoms with van der Waals surface area (Å²) < 4.78 is 13.4. The van der Waals surface area contributed by atoms with E-state index in [2.05, 4.69) is 39.4 Å².